The van der Waals surface area contributed by atoms with E-state index in [1.165, 1.54) is 11.8 Å². The summed E-state index contributed by atoms with van der Waals surface area (Å²) in [4.78, 5) is 12.3. The van der Waals surface area contributed by atoms with Gasteiger partial charge in [0.1, 0.15) is 5.75 Å². The molecular formula is C20H29N3O3S. The van der Waals surface area contributed by atoms with Gasteiger partial charge in [-0.25, -0.2) is 0 Å². The molecule has 0 radical (unpaired) electrons. The van der Waals surface area contributed by atoms with Gasteiger partial charge in [0.15, 0.2) is 0 Å². The molecule has 0 fully saturated rings. The van der Waals surface area contributed by atoms with Gasteiger partial charge in [0.2, 0.25) is 11.8 Å². The molecule has 0 aliphatic carbocycles. The van der Waals surface area contributed by atoms with Crippen molar-refractivity contribution in [1.29, 1.82) is 0 Å². The topological polar surface area (TPSA) is 77.2 Å². The van der Waals surface area contributed by atoms with Gasteiger partial charge in [-0.15, -0.1) is 10.2 Å². The summed E-state index contributed by atoms with van der Waals surface area (Å²) in [5.74, 6) is 1.41. The van der Waals surface area contributed by atoms with E-state index in [0.29, 0.717) is 17.7 Å². The van der Waals surface area contributed by atoms with Crippen LogP contribution in [-0.2, 0) is 4.79 Å². The molecule has 0 unspecified atom stereocenters. The molecule has 148 valence electrons. The van der Waals surface area contributed by atoms with Crippen LogP contribution in [-0.4, -0.2) is 34.0 Å². The van der Waals surface area contributed by atoms with Crippen LogP contribution in [0.2, 0.25) is 0 Å². The largest absolute Gasteiger partial charge is 0.494 e. The second kappa shape index (κ2) is 8.78. The Kier molecular flexibility index (Phi) is 6.92. The van der Waals surface area contributed by atoms with E-state index < -0.39 is 0 Å². The summed E-state index contributed by atoms with van der Waals surface area (Å²) in [6.45, 7) is 13.1. The Morgan fingerprint density at radius 1 is 1.15 bits per heavy atom. The Morgan fingerprint density at radius 2 is 1.81 bits per heavy atom. The summed E-state index contributed by atoms with van der Waals surface area (Å²) >= 11 is 1.24. The number of benzene rings is 1. The number of carbonyl (C=O) groups is 1. The average Bonchev–Trinajstić information content (AvgIpc) is 3.00. The first-order valence-electron chi connectivity index (χ1n) is 9.08. The smallest absolute Gasteiger partial charge is 0.277 e. The van der Waals surface area contributed by atoms with Crippen LogP contribution in [0.15, 0.2) is 33.9 Å². The lowest BCUT2D eigenvalue weighted by Gasteiger charge is -2.33. The Morgan fingerprint density at radius 3 is 2.41 bits per heavy atom. The summed E-state index contributed by atoms with van der Waals surface area (Å²) in [6, 6.07) is 7.46. The third-order valence-electron chi connectivity index (χ3n) is 3.60. The van der Waals surface area contributed by atoms with E-state index in [2.05, 4.69) is 36.3 Å². The number of aromatic nitrogens is 2. The van der Waals surface area contributed by atoms with Gasteiger partial charge >= 0.3 is 0 Å². The Hall–Kier alpha value is -2.02. The van der Waals surface area contributed by atoms with Crippen LogP contribution in [0.1, 0.15) is 48.0 Å². The zero-order chi connectivity index (χ0) is 20.1. The fourth-order valence-corrected chi connectivity index (χ4v) is 3.72. The predicted molar refractivity (Wildman–Crippen MR) is 108 cm³/mol. The van der Waals surface area contributed by atoms with Crippen molar-refractivity contribution in [3.63, 3.8) is 0 Å². The van der Waals surface area contributed by atoms with Crippen molar-refractivity contribution in [2.75, 3.05) is 12.4 Å². The lowest BCUT2D eigenvalue weighted by molar-refractivity contribution is -0.120. The Balaban J connectivity index is 1.89. The van der Waals surface area contributed by atoms with Gasteiger partial charge in [0.25, 0.3) is 5.22 Å². The van der Waals surface area contributed by atoms with Gasteiger partial charge in [-0.1, -0.05) is 32.5 Å². The van der Waals surface area contributed by atoms with Crippen LogP contribution in [0.5, 0.6) is 5.75 Å². The molecule has 1 amide bonds. The number of ether oxygens (including phenoxy) is 1. The van der Waals surface area contributed by atoms with Crippen molar-refractivity contribution in [1.82, 2.24) is 15.5 Å². The van der Waals surface area contributed by atoms with E-state index in [4.69, 9.17) is 9.15 Å². The average molecular weight is 392 g/mol. The number of amides is 1. The molecule has 0 saturated carbocycles. The van der Waals surface area contributed by atoms with Gasteiger partial charge < -0.3 is 14.5 Å². The first-order chi connectivity index (χ1) is 12.6. The van der Waals surface area contributed by atoms with E-state index in [-0.39, 0.29) is 22.6 Å². The molecular weight excluding hydrogens is 362 g/mol. The molecule has 0 spiro atoms. The molecule has 1 N–H and O–H groups in total. The quantitative estimate of drug-likeness (QED) is 0.665. The Labute approximate surface area is 165 Å². The van der Waals surface area contributed by atoms with Crippen LogP contribution in [0.4, 0.5) is 0 Å². The molecule has 1 aromatic heterocycles. The molecule has 7 heteroatoms. The van der Waals surface area contributed by atoms with Crippen molar-refractivity contribution in [3.8, 4) is 17.2 Å². The van der Waals surface area contributed by atoms with E-state index in [9.17, 15) is 4.79 Å². The fourth-order valence-electron chi connectivity index (χ4n) is 3.16. The number of carbonyl (C=O) groups excluding carboxylic acids is 1. The van der Waals surface area contributed by atoms with Crippen molar-refractivity contribution < 1.29 is 13.9 Å². The molecule has 0 saturated heterocycles. The third-order valence-corrected chi connectivity index (χ3v) is 4.41. The molecule has 1 heterocycles. The third kappa shape index (κ3) is 7.25. The molecule has 6 nitrogen and oxygen atoms in total. The fraction of sp³-hybridized carbons (Fsp3) is 0.550. The lowest BCUT2D eigenvalue weighted by Crippen LogP contribution is -2.46. The van der Waals surface area contributed by atoms with Crippen LogP contribution < -0.4 is 10.1 Å². The SMILES string of the molecule is CCOc1ccc(-c2nnc(SCC(=O)NC(C)(C)CC(C)(C)C)o2)cc1. The molecule has 0 aliphatic heterocycles. The Bertz CT molecular complexity index is 749. The van der Waals surface area contributed by atoms with Gasteiger partial charge in [-0.2, -0.15) is 0 Å². The standard InChI is InChI=1S/C20H29N3O3S/c1-7-25-15-10-8-14(9-11-15)17-22-23-18(26-17)27-12-16(24)21-20(5,6)13-19(2,3)4/h8-11H,7,12-13H2,1-6H3,(H,21,24). The summed E-state index contributed by atoms with van der Waals surface area (Å²) < 4.78 is 11.1. The van der Waals surface area contributed by atoms with Gasteiger partial charge in [-0.3, -0.25) is 4.79 Å². The lowest BCUT2D eigenvalue weighted by atomic mass is 9.82. The van der Waals surface area contributed by atoms with Crippen molar-refractivity contribution in [2.45, 2.75) is 58.7 Å². The number of nitrogens with one attached hydrogen (secondary N) is 1. The maximum atomic E-state index is 12.3. The van der Waals surface area contributed by atoms with E-state index in [1.807, 2.05) is 45.0 Å². The minimum absolute atomic E-state index is 0.0462. The highest BCUT2D eigenvalue weighted by Gasteiger charge is 2.27. The summed E-state index contributed by atoms with van der Waals surface area (Å²) in [7, 11) is 0. The van der Waals surface area contributed by atoms with Gasteiger partial charge in [0, 0.05) is 11.1 Å². The number of rotatable bonds is 8. The predicted octanol–water partition coefficient (Wildman–Crippen LogP) is 4.56. The second-order valence-electron chi connectivity index (χ2n) is 8.29. The zero-order valence-corrected chi connectivity index (χ0v) is 17.8. The van der Waals surface area contributed by atoms with Crippen LogP contribution >= 0.6 is 11.8 Å². The van der Waals surface area contributed by atoms with E-state index in [1.54, 1.807) is 0 Å². The number of hydrogen-bond donors (Lipinski definition) is 1. The minimum Gasteiger partial charge on any atom is -0.494 e. The van der Waals surface area contributed by atoms with Crippen molar-refractivity contribution in [3.05, 3.63) is 24.3 Å². The maximum absolute atomic E-state index is 12.3. The minimum atomic E-state index is -0.266. The molecule has 27 heavy (non-hydrogen) atoms. The molecule has 0 atom stereocenters. The molecule has 0 aliphatic rings. The first kappa shape index (κ1) is 21.3. The van der Waals surface area contributed by atoms with Crippen molar-refractivity contribution >= 4 is 17.7 Å². The number of thioether (sulfide) groups is 1. The monoisotopic (exact) mass is 391 g/mol. The molecule has 0 bridgehead atoms. The van der Waals surface area contributed by atoms with Crippen LogP contribution in [0, 0.1) is 5.41 Å². The van der Waals surface area contributed by atoms with Crippen molar-refractivity contribution in [2.24, 2.45) is 5.41 Å². The summed E-state index contributed by atoms with van der Waals surface area (Å²) in [6.07, 6.45) is 0.888. The number of nitrogens with zero attached hydrogens (tertiary/aromatic N) is 2. The number of hydrogen-bond acceptors (Lipinski definition) is 6. The summed E-state index contributed by atoms with van der Waals surface area (Å²) in [5, 5.41) is 11.5. The molecule has 2 aromatic rings. The van der Waals surface area contributed by atoms with E-state index in [0.717, 1.165) is 17.7 Å². The zero-order valence-electron chi connectivity index (χ0n) is 17.0. The van der Waals surface area contributed by atoms with Crippen LogP contribution in [0.25, 0.3) is 11.5 Å². The normalized spacial score (nSPS) is 12.1. The van der Waals surface area contributed by atoms with Gasteiger partial charge in [0.05, 0.1) is 12.4 Å². The highest BCUT2D eigenvalue weighted by atomic mass is 32.2. The first-order valence-corrected chi connectivity index (χ1v) is 10.1. The van der Waals surface area contributed by atoms with E-state index >= 15 is 0 Å². The highest BCUT2D eigenvalue weighted by molar-refractivity contribution is 7.99. The molecule has 2 rings (SSSR count). The highest BCUT2D eigenvalue weighted by Crippen LogP contribution is 2.28. The second-order valence-corrected chi connectivity index (χ2v) is 9.22. The van der Waals surface area contributed by atoms with Gasteiger partial charge in [-0.05, 0) is 56.9 Å². The van der Waals surface area contributed by atoms with Crippen LogP contribution in [0.3, 0.4) is 0 Å². The maximum Gasteiger partial charge on any atom is 0.277 e. The summed E-state index contributed by atoms with van der Waals surface area (Å²) in [5.41, 5.74) is 0.690. The molecule has 1 aromatic carbocycles.